The fraction of sp³-hybridized carbons (Fsp3) is 0.333. The van der Waals surface area contributed by atoms with Crippen molar-refractivity contribution in [1.29, 1.82) is 0 Å². The molecular weight excluding hydrogens is 274 g/mol. The Morgan fingerprint density at radius 1 is 1.14 bits per heavy atom. The minimum atomic E-state index is -0.303. The fourth-order valence-electron chi connectivity index (χ4n) is 2.14. The second kappa shape index (κ2) is 6.30. The molecule has 0 aliphatic rings. The van der Waals surface area contributed by atoms with E-state index < -0.39 is 0 Å². The second-order valence-corrected chi connectivity index (χ2v) is 4.42. The zero-order valence-electron chi connectivity index (χ0n) is 12.2. The molecular formula is C15H17NO5. The van der Waals surface area contributed by atoms with E-state index in [2.05, 4.69) is 4.74 Å². The van der Waals surface area contributed by atoms with Crippen molar-refractivity contribution in [2.75, 3.05) is 21.3 Å². The van der Waals surface area contributed by atoms with Gasteiger partial charge < -0.3 is 18.8 Å². The molecule has 1 heterocycles. The Morgan fingerprint density at radius 3 is 2.43 bits per heavy atom. The molecule has 0 N–H and O–H groups in total. The Labute approximate surface area is 121 Å². The van der Waals surface area contributed by atoms with Crippen LogP contribution in [0, 0.1) is 0 Å². The SMILES string of the molecule is COC(=O)CCn1ccc(=O)c2cc(OC)c(OC)cc21. The number of hydrogen-bond acceptors (Lipinski definition) is 5. The maximum absolute atomic E-state index is 12.0. The number of aryl methyl sites for hydroxylation is 1. The average molecular weight is 291 g/mol. The van der Waals surface area contributed by atoms with Crippen LogP contribution < -0.4 is 14.9 Å². The van der Waals surface area contributed by atoms with Crippen LogP contribution in [-0.4, -0.2) is 31.9 Å². The van der Waals surface area contributed by atoms with Gasteiger partial charge in [0.1, 0.15) is 0 Å². The summed E-state index contributed by atoms with van der Waals surface area (Å²) < 4.78 is 16.9. The second-order valence-electron chi connectivity index (χ2n) is 4.42. The van der Waals surface area contributed by atoms with E-state index in [1.54, 1.807) is 18.3 Å². The molecule has 0 aliphatic carbocycles. The standard InChI is InChI=1S/C15H17NO5/c1-19-13-8-10-11(9-14(13)20-2)16(6-4-12(10)17)7-5-15(18)21-3/h4,6,8-9H,5,7H2,1-3H3. The van der Waals surface area contributed by atoms with Crippen molar-refractivity contribution < 1.29 is 19.0 Å². The minimum Gasteiger partial charge on any atom is -0.493 e. The van der Waals surface area contributed by atoms with Gasteiger partial charge in [-0.2, -0.15) is 0 Å². The number of fused-ring (bicyclic) bond motifs is 1. The summed E-state index contributed by atoms with van der Waals surface area (Å²) in [5, 5.41) is 0.514. The molecule has 0 bridgehead atoms. The summed E-state index contributed by atoms with van der Waals surface area (Å²) >= 11 is 0. The zero-order chi connectivity index (χ0) is 15.4. The van der Waals surface area contributed by atoms with E-state index in [-0.39, 0.29) is 17.8 Å². The number of nitrogens with zero attached hydrogens (tertiary/aromatic N) is 1. The quantitative estimate of drug-likeness (QED) is 0.782. The molecule has 0 saturated heterocycles. The molecule has 2 aromatic rings. The number of benzene rings is 1. The van der Waals surface area contributed by atoms with E-state index in [4.69, 9.17) is 9.47 Å². The van der Waals surface area contributed by atoms with Gasteiger partial charge in [0.2, 0.25) is 0 Å². The highest BCUT2D eigenvalue weighted by molar-refractivity contribution is 5.83. The highest BCUT2D eigenvalue weighted by Crippen LogP contribution is 2.30. The summed E-state index contributed by atoms with van der Waals surface area (Å²) in [5.41, 5.74) is 0.573. The molecule has 0 spiro atoms. The van der Waals surface area contributed by atoms with Gasteiger partial charge in [0.25, 0.3) is 0 Å². The lowest BCUT2D eigenvalue weighted by Gasteiger charge is -2.13. The Kier molecular flexibility index (Phi) is 4.47. The molecule has 6 heteroatoms. The van der Waals surface area contributed by atoms with E-state index in [1.165, 1.54) is 27.4 Å². The number of aromatic nitrogens is 1. The van der Waals surface area contributed by atoms with Crippen molar-refractivity contribution >= 4 is 16.9 Å². The van der Waals surface area contributed by atoms with Gasteiger partial charge >= 0.3 is 5.97 Å². The van der Waals surface area contributed by atoms with Gasteiger partial charge in [-0.3, -0.25) is 9.59 Å². The lowest BCUT2D eigenvalue weighted by molar-refractivity contribution is -0.140. The van der Waals surface area contributed by atoms with Crippen LogP contribution in [-0.2, 0) is 16.1 Å². The summed E-state index contributed by atoms with van der Waals surface area (Å²) in [5.74, 6) is 0.720. The number of methoxy groups -OCH3 is 3. The van der Waals surface area contributed by atoms with Gasteiger partial charge in [-0.15, -0.1) is 0 Å². The van der Waals surface area contributed by atoms with Crippen molar-refractivity contribution in [3.63, 3.8) is 0 Å². The lowest BCUT2D eigenvalue weighted by Crippen LogP contribution is -2.12. The average Bonchev–Trinajstić information content (AvgIpc) is 2.52. The fourth-order valence-corrected chi connectivity index (χ4v) is 2.14. The van der Waals surface area contributed by atoms with Crippen LogP contribution in [0.3, 0.4) is 0 Å². The van der Waals surface area contributed by atoms with E-state index in [0.717, 1.165) is 0 Å². The van der Waals surface area contributed by atoms with Crippen molar-refractivity contribution in [1.82, 2.24) is 4.57 Å². The maximum Gasteiger partial charge on any atom is 0.307 e. The molecule has 0 fully saturated rings. The van der Waals surface area contributed by atoms with Crippen LogP contribution in [0.15, 0.2) is 29.2 Å². The minimum absolute atomic E-state index is 0.111. The Bertz CT molecular complexity index is 720. The summed E-state index contributed by atoms with van der Waals surface area (Å²) in [6.07, 6.45) is 1.88. The molecule has 2 rings (SSSR count). The van der Waals surface area contributed by atoms with Crippen LogP contribution in [0.5, 0.6) is 11.5 Å². The number of pyridine rings is 1. The number of rotatable bonds is 5. The van der Waals surface area contributed by atoms with Crippen LogP contribution in [0.1, 0.15) is 6.42 Å². The third-order valence-electron chi connectivity index (χ3n) is 3.27. The number of carbonyl (C=O) groups is 1. The maximum atomic E-state index is 12.0. The van der Waals surface area contributed by atoms with Crippen molar-refractivity contribution in [3.8, 4) is 11.5 Å². The lowest BCUT2D eigenvalue weighted by atomic mass is 10.1. The third kappa shape index (κ3) is 2.99. The van der Waals surface area contributed by atoms with E-state index in [0.29, 0.717) is 28.9 Å². The summed E-state index contributed by atoms with van der Waals surface area (Å²) in [6.45, 7) is 0.416. The molecule has 0 amide bonds. The molecule has 1 aromatic heterocycles. The van der Waals surface area contributed by atoms with Crippen LogP contribution >= 0.6 is 0 Å². The Hall–Kier alpha value is -2.50. The van der Waals surface area contributed by atoms with Gasteiger partial charge in [0, 0.05) is 30.3 Å². The van der Waals surface area contributed by atoms with Crippen LogP contribution in [0.25, 0.3) is 10.9 Å². The molecule has 1 aromatic carbocycles. The topological polar surface area (TPSA) is 66.8 Å². The number of esters is 1. The predicted octanol–water partition coefficient (Wildman–Crippen LogP) is 1.58. The van der Waals surface area contributed by atoms with E-state index >= 15 is 0 Å². The molecule has 0 saturated carbocycles. The molecule has 0 aliphatic heterocycles. The highest BCUT2D eigenvalue weighted by Gasteiger charge is 2.11. The van der Waals surface area contributed by atoms with Gasteiger partial charge in [0.05, 0.1) is 33.3 Å². The summed E-state index contributed by atoms with van der Waals surface area (Å²) in [4.78, 5) is 23.3. The first-order valence-corrected chi connectivity index (χ1v) is 6.42. The molecule has 0 atom stereocenters. The first kappa shape index (κ1) is 14.9. The largest absolute Gasteiger partial charge is 0.493 e. The smallest absolute Gasteiger partial charge is 0.307 e. The van der Waals surface area contributed by atoms with Crippen molar-refractivity contribution in [2.24, 2.45) is 0 Å². The van der Waals surface area contributed by atoms with Crippen molar-refractivity contribution in [2.45, 2.75) is 13.0 Å². The van der Waals surface area contributed by atoms with Gasteiger partial charge in [0.15, 0.2) is 16.9 Å². The van der Waals surface area contributed by atoms with E-state index in [9.17, 15) is 9.59 Å². The van der Waals surface area contributed by atoms with Gasteiger partial charge in [-0.1, -0.05) is 0 Å². The predicted molar refractivity (Wildman–Crippen MR) is 77.9 cm³/mol. The first-order chi connectivity index (χ1) is 10.1. The monoisotopic (exact) mass is 291 g/mol. The molecule has 0 unspecified atom stereocenters. The number of hydrogen-bond donors (Lipinski definition) is 0. The number of ether oxygens (including phenoxy) is 3. The van der Waals surface area contributed by atoms with Gasteiger partial charge in [-0.25, -0.2) is 0 Å². The number of carbonyl (C=O) groups excluding carboxylic acids is 1. The third-order valence-corrected chi connectivity index (χ3v) is 3.27. The molecule has 0 radical (unpaired) electrons. The van der Waals surface area contributed by atoms with Crippen molar-refractivity contribution in [3.05, 3.63) is 34.6 Å². The van der Waals surface area contributed by atoms with Gasteiger partial charge in [-0.05, 0) is 6.07 Å². The first-order valence-electron chi connectivity index (χ1n) is 6.42. The summed E-state index contributed by atoms with van der Waals surface area (Å²) in [7, 11) is 4.39. The molecule has 21 heavy (non-hydrogen) atoms. The van der Waals surface area contributed by atoms with Crippen LogP contribution in [0.2, 0.25) is 0 Å². The van der Waals surface area contributed by atoms with E-state index in [1.807, 2.05) is 4.57 Å². The Balaban J connectivity index is 2.54. The normalized spacial score (nSPS) is 10.4. The molecule has 112 valence electrons. The molecule has 6 nitrogen and oxygen atoms in total. The van der Waals surface area contributed by atoms with Crippen LogP contribution in [0.4, 0.5) is 0 Å². The Morgan fingerprint density at radius 2 is 1.81 bits per heavy atom. The zero-order valence-corrected chi connectivity index (χ0v) is 12.2. The highest BCUT2D eigenvalue weighted by atomic mass is 16.5. The summed E-state index contributed by atoms with van der Waals surface area (Å²) in [6, 6.07) is 4.84.